The maximum absolute atomic E-state index is 13.0. The first-order valence-corrected chi connectivity index (χ1v) is 9.65. The minimum absolute atomic E-state index is 0.0745. The van der Waals surface area contributed by atoms with Gasteiger partial charge in [0.2, 0.25) is 12.3 Å². The van der Waals surface area contributed by atoms with Crippen molar-refractivity contribution in [3.05, 3.63) is 35.4 Å². The molecule has 4 atom stereocenters. The second-order valence-electron chi connectivity index (χ2n) is 9.13. The molecule has 2 heterocycles. The van der Waals surface area contributed by atoms with Gasteiger partial charge in [-0.1, -0.05) is 25.1 Å². The predicted octanol–water partition coefficient (Wildman–Crippen LogP) is 2.31. The first kappa shape index (κ1) is 18.4. The molecule has 1 amide bonds. The third-order valence-electron chi connectivity index (χ3n) is 7.25. The van der Waals surface area contributed by atoms with Crippen molar-refractivity contribution in [2.75, 3.05) is 19.7 Å². The van der Waals surface area contributed by atoms with Crippen LogP contribution < -0.4 is 5.32 Å². The third kappa shape index (κ3) is 2.69. The molecule has 5 nitrogen and oxygen atoms in total. The van der Waals surface area contributed by atoms with Gasteiger partial charge in [-0.25, -0.2) is 0 Å². The van der Waals surface area contributed by atoms with Gasteiger partial charge in [-0.3, -0.25) is 10.1 Å². The second kappa shape index (κ2) is 5.70. The molecule has 1 aromatic carbocycles. The number of carbonyl (C=O) groups excluding carboxylic acids is 1. The number of nitrogens with zero attached hydrogens (tertiary/aromatic N) is 1. The number of fused-ring (bicyclic) bond motifs is 1. The summed E-state index contributed by atoms with van der Waals surface area (Å²) in [4.78, 5) is 14.7. The van der Waals surface area contributed by atoms with Crippen LogP contribution in [-0.2, 0) is 15.7 Å². The van der Waals surface area contributed by atoms with E-state index in [2.05, 4.69) is 12.2 Å². The van der Waals surface area contributed by atoms with E-state index in [1.807, 2.05) is 4.90 Å². The summed E-state index contributed by atoms with van der Waals surface area (Å²) in [5, 5.41) is 12.4. The van der Waals surface area contributed by atoms with Gasteiger partial charge in [0.05, 0.1) is 12.2 Å². The van der Waals surface area contributed by atoms with E-state index in [0.717, 1.165) is 11.6 Å². The highest BCUT2D eigenvalue weighted by Gasteiger charge is 2.67. The number of rotatable bonds is 2. The summed E-state index contributed by atoms with van der Waals surface area (Å²) in [5.74, 6) is 0.329. The first-order valence-electron chi connectivity index (χ1n) is 9.65. The number of nitrogens with one attached hydrogen (secondary N) is 1. The highest BCUT2D eigenvalue weighted by molar-refractivity contribution is 5.81. The fraction of sp³-hybridized carbons (Fsp3) is 0.650. The number of aliphatic hydroxyl groups is 1. The number of hydrogen-bond donors (Lipinski definition) is 2. The Balaban J connectivity index is 1.22. The topological polar surface area (TPSA) is 61.8 Å². The number of halogens is 3. The standard InChI is InChI=1S/C20H23F3N2O3/c1-18-9-25(16(26)12-6-19(7-12)10-28-17(27)24-19)8-14(18)15(18)11-3-2-4-13(5-11)20(21,22)23/h2-5,12,14-15,17,24,27H,6-10H2,1H3/t12?,14-,15-,17?,18-,19?/m0/s1. The molecule has 0 radical (unpaired) electrons. The molecule has 28 heavy (non-hydrogen) atoms. The van der Waals surface area contributed by atoms with Crippen LogP contribution in [0.15, 0.2) is 24.3 Å². The highest BCUT2D eigenvalue weighted by Crippen LogP contribution is 2.68. The van der Waals surface area contributed by atoms with E-state index in [-0.39, 0.29) is 34.6 Å². The molecule has 0 bridgehead atoms. The Morgan fingerprint density at radius 1 is 1.36 bits per heavy atom. The highest BCUT2D eigenvalue weighted by atomic mass is 19.4. The van der Waals surface area contributed by atoms with Gasteiger partial charge in [-0.05, 0) is 41.7 Å². The Hall–Kier alpha value is -1.64. The first-order chi connectivity index (χ1) is 13.1. The van der Waals surface area contributed by atoms with Crippen molar-refractivity contribution < 1.29 is 27.8 Å². The zero-order chi connectivity index (χ0) is 19.9. The van der Waals surface area contributed by atoms with Gasteiger partial charge < -0.3 is 14.7 Å². The van der Waals surface area contributed by atoms with Crippen molar-refractivity contribution in [3.8, 4) is 0 Å². The smallest absolute Gasteiger partial charge is 0.356 e. The van der Waals surface area contributed by atoms with E-state index in [1.54, 1.807) is 6.07 Å². The number of alkyl halides is 3. The summed E-state index contributed by atoms with van der Waals surface area (Å²) in [6, 6.07) is 5.59. The van der Waals surface area contributed by atoms with E-state index < -0.39 is 18.2 Å². The maximum atomic E-state index is 13.0. The van der Waals surface area contributed by atoms with Crippen LogP contribution in [0.25, 0.3) is 0 Å². The summed E-state index contributed by atoms with van der Waals surface area (Å²) in [7, 11) is 0. The van der Waals surface area contributed by atoms with Crippen molar-refractivity contribution in [2.24, 2.45) is 17.3 Å². The van der Waals surface area contributed by atoms with Gasteiger partial charge in [-0.15, -0.1) is 0 Å². The fourth-order valence-electron chi connectivity index (χ4n) is 5.73. The lowest BCUT2D eigenvalue weighted by Crippen LogP contribution is -2.58. The molecule has 4 fully saturated rings. The van der Waals surface area contributed by atoms with E-state index in [9.17, 15) is 23.1 Å². The van der Waals surface area contributed by atoms with Gasteiger partial charge >= 0.3 is 6.18 Å². The quantitative estimate of drug-likeness (QED) is 0.806. The number of carbonyl (C=O) groups is 1. The molecule has 2 aliphatic carbocycles. The summed E-state index contributed by atoms with van der Waals surface area (Å²) >= 11 is 0. The van der Waals surface area contributed by atoms with Crippen LogP contribution in [0, 0.1) is 17.3 Å². The number of benzene rings is 1. The molecule has 1 unspecified atom stereocenters. The Bertz CT molecular complexity index is 823. The third-order valence-corrected chi connectivity index (χ3v) is 7.25. The molecule has 152 valence electrons. The van der Waals surface area contributed by atoms with Crippen molar-refractivity contribution in [1.82, 2.24) is 10.2 Å². The average Bonchev–Trinajstić information content (AvgIpc) is 2.90. The van der Waals surface area contributed by atoms with Gasteiger partial charge in [0, 0.05) is 24.5 Å². The normalized spacial score (nSPS) is 41.8. The van der Waals surface area contributed by atoms with Crippen LogP contribution in [0.2, 0.25) is 0 Å². The number of hydrogen-bond acceptors (Lipinski definition) is 4. The fourth-order valence-corrected chi connectivity index (χ4v) is 5.73. The molecule has 2 N–H and O–H groups in total. The second-order valence-corrected chi connectivity index (χ2v) is 9.13. The largest absolute Gasteiger partial charge is 0.416 e. The molecule has 2 saturated heterocycles. The lowest BCUT2D eigenvalue weighted by atomic mass is 9.68. The lowest BCUT2D eigenvalue weighted by Gasteiger charge is -2.44. The molecule has 1 spiro atoms. The Kier molecular flexibility index (Phi) is 3.75. The molecule has 4 aliphatic rings. The van der Waals surface area contributed by atoms with Crippen molar-refractivity contribution in [1.29, 1.82) is 0 Å². The van der Waals surface area contributed by atoms with Crippen molar-refractivity contribution in [2.45, 2.75) is 43.8 Å². The monoisotopic (exact) mass is 396 g/mol. The Morgan fingerprint density at radius 3 is 2.68 bits per heavy atom. The Labute approximate surface area is 160 Å². The zero-order valence-electron chi connectivity index (χ0n) is 15.5. The molecule has 5 rings (SSSR count). The molecule has 8 heteroatoms. The zero-order valence-corrected chi connectivity index (χ0v) is 15.5. The summed E-state index contributed by atoms with van der Waals surface area (Å²) in [6.07, 6.45) is -3.99. The van der Waals surface area contributed by atoms with E-state index in [4.69, 9.17) is 4.74 Å². The number of piperidine rings is 1. The van der Waals surface area contributed by atoms with Gasteiger partial charge in [0.25, 0.3) is 0 Å². The maximum Gasteiger partial charge on any atom is 0.416 e. The minimum atomic E-state index is -4.34. The van der Waals surface area contributed by atoms with Gasteiger partial charge in [-0.2, -0.15) is 13.2 Å². The van der Waals surface area contributed by atoms with Crippen LogP contribution in [0.1, 0.15) is 36.8 Å². The van der Waals surface area contributed by atoms with E-state index in [0.29, 0.717) is 32.5 Å². The molecular formula is C20H23F3N2O3. The van der Waals surface area contributed by atoms with Crippen LogP contribution in [-0.4, -0.2) is 47.6 Å². The van der Waals surface area contributed by atoms with Crippen molar-refractivity contribution >= 4 is 5.91 Å². The van der Waals surface area contributed by atoms with Crippen LogP contribution in [0.4, 0.5) is 13.2 Å². The van der Waals surface area contributed by atoms with Crippen LogP contribution >= 0.6 is 0 Å². The molecule has 1 aromatic rings. The molecule has 2 saturated carbocycles. The summed E-state index contributed by atoms with van der Waals surface area (Å²) in [6.45, 7) is 3.68. The lowest BCUT2D eigenvalue weighted by molar-refractivity contribution is -0.141. The minimum Gasteiger partial charge on any atom is -0.356 e. The number of likely N-dealkylation sites (tertiary alicyclic amines) is 1. The molecule has 2 aliphatic heterocycles. The summed E-state index contributed by atoms with van der Waals surface area (Å²) in [5.41, 5.74) is -0.322. The van der Waals surface area contributed by atoms with Gasteiger partial charge in [0.1, 0.15) is 0 Å². The number of aliphatic hydroxyl groups excluding tert-OH is 1. The van der Waals surface area contributed by atoms with Crippen molar-refractivity contribution in [3.63, 3.8) is 0 Å². The number of amides is 1. The molecule has 0 aromatic heterocycles. The van der Waals surface area contributed by atoms with Crippen LogP contribution in [0.5, 0.6) is 0 Å². The molecular weight excluding hydrogens is 373 g/mol. The van der Waals surface area contributed by atoms with Crippen LogP contribution in [0.3, 0.4) is 0 Å². The predicted molar refractivity (Wildman–Crippen MR) is 92.9 cm³/mol. The summed E-state index contributed by atoms with van der Waals surface area (Å²) < 4.78 is 44.2. The van der Waals surface area contributed by atoms with E-state index in [1.165, 1.54) is 12.1 Å². The number of ether oxygens (including phenoxy) is 1. The average molecular weight is 396 g/mol. The van der Waals surface area contributed by atoms with Gasteiger partial charge in [0.15, 0.2) is 0 Å². The SMILES string of the molecule is C[C@]12CN(C(=O)C3CC4(COC(O)N4)C3)C[C@H]1[C@@H]2c1cccc(C(F)(F)F)c1. The van der Waals surface area contributed by atoms with E-state index >= 15 is 0 Å². The Morgan fingerprint density at radius 2 is 2.11 bits per heavy atom.